The lowest BCUT2D eigenvalue weighted by atomic mass is 9.93. The van der Waals surface area contributed by atoms with E-state index in [4.69, 9.17) is 46.9 Å². The second kappa shape index (κ2) is 31.2. The van der Waals surface area contributed by atoms with Crippen LogP contribution >= 0.6 is 23.2 Å². The molecule has 116 heavy (non-hydrogen) atoms. The van der Waals surface area contributed by atoms with Crippen LogP contribution in [0.2, 0.25) is 10.0 Å². The number of carbonyl (C=O) groups is 5. The Morgan fingerprint density at radius 1 is 0.526 bits per heavy atom. The lowest BCUT2D eigenvalue weighted by molar-refractivity contribution is -0.123. The lowest BCUT2D eigenvalue weighted by Gasteiger charge is -2.53. The summed E-state index contributed by atoms with van der Waals surface area (Å²) in [6.45, 7) is 26.3. The van der Waals surface area contributed by atoms with Gasteiger partial charge in [-0.25, -0.2) is 31.9 Å². The fourth-order valence-corrected chi connectivity index (χ4v) is 17.1. The summed E-state index contributed by atoms with van der Waals surface area (Å²) >= 11 is 14.1. The maximum Gasteiger partial charge on any atom is 0.410 e. The predicted octanol–water partition coefficient (Wildman–Crippen LogP) is 15.2. The second-order valence-corrected chi connectivity index (χ2v) is 33.7. The number of pyridine rings is 4. The van der Waals surface area contributed by atoms with Crippen LogP contribution in [0.5, 0.6) is 11.5 Å². The van der Waals surface area contributed by atoms with Crippen molar-refractivity contribution in [3.63, 3.8) is 0 Å². The van der Waals surface area contributed by atoms with E-state index in [1.54, 1.807) is 89.7 Å². The monoisotopic (exact) mass is 1630 g/mol. The Labute approximate surface area is 678 Å². The van der Waals surface area contributed by atoms with Gasteiger partial charge in [0.05, 0.1) is 106 Å². The Bertz CT molecular complexity index is 5630. The van der Waals surface area contributed by atoms with Crippen molar-refractivity contribution >= 4 is 97.9 Å². The molecule has 4 atom stereocenters. The molecule has 0 saturated carbocycles. The summed E-state index contributed by atoms with van der Waals surface area (Å²) in [5.74, 6) is -4.76. The van der Waals surface area contributed by atoms with E-state index in [-0.39, 0.29) is 152 Å². The highest BCUT2D eigenvalue weighted by Gasteiger charge is 2.54. The fourth-order valence-electron chi connectivity index (χ4n) is 16.5. The van der Waals surface area contributed by atoms with E-state index in [1.165, 1.54) is 96.4 Å². The van der Waals surface area contributed by atoms with Crippen LogP contribution in [0.3, 0.4) is 0 Å². The topological polar surface area (TPSA) is 236 Å². The number of hydrogen-bond donors (Lipinski definition) is 1. The first-order valence-electron chi connectivity index (χ1n) is 38.6. The number of aromatic nitrogens is 4. The molecule has 0 spiro atoms. The Hall–Kier alpha value is -11.0. The van der Waals surface area contributed by atoms with Gasteiger partial charge in [0.15, 0.2) is 11.6 Å². The first kappa shape index (κ1) is 81.6. The van der Waals surface area contributed by atoms with Gasteiger partial charge in [0.25, 0.3) is 22.9 Å². The van der Waals surface area contributed by atoms with Crippen molar-refractivity contribution in [1.29, 1.82) is 0 Å². The molecular weight excluding hydrogens is 1540 g/mol. The number of carbonyl (C=O) groups excluding carboxylic acids is 5. The van der Waals surface area contributed by atoms with E-state index in [0.29, 0.717) is 47.0 Å². The van der Waals surface area contributed by atoms with Crippen LogP contribution in [0.15, 0.2) is 113 Å². The van der Waals surface area contributed by atoms with Gasteiger partial charge in [0.2, 0.25) is 0 Å². The van der Waals surface area contributed by atoms with E-state index < -0.39 is 106 Å². The second-order valence-electron chi connectivity index (χ2n) is 32.9. The van der Waals surface area contributed by atoms with Gasteiger partial charge in [-0.05, 0) is 146 Å². The minimum atomic E-state index is -1.07. The standard InChI is InChI=1S/C47H49ClF2N6O7.C39H43ClF2N6O5/c1-25(2)38-39(26(3)17-18-51-38)56-40-30(19-31(48)35(37(40)50)36-32(49)15-12-16-34(36)61-8)41-42(44(56)58)55(29-21-52(22-29)45(59)62-24-28-13-10-9-11-14-28)43(57)33-23-53(27(4)20-54(33)41)46(60)63-47(5,6)7;1-19(2)31-32(20(3)12-13-44-31)48-33-23(14-24(40)28(30(33)42)29-25(41)10-9-11-27(29)52-8)34-35(37(48)50)47(22-15-43-16-22)36(49)26-18-45(21(4)17-46(26)34)38(51)53-39(5,6)7/h9-19,25,27,29,33H,20-24H2,1-8H3;9-14,19,21-22,26,43H,15-18H2,1-8H3/t27-,33-;21-,26-/m11/s1. The number of piperazine rings is 2. The van der Waals surface area contributed by atoms with Crippen LogP contribution in [0.1, 0.15) is 123 Å². The number of amides is 5. The summed E-state index contributed by atoms with van der Waals surface area (Å²) in [4.78, 5) is 122. The SMILES string of the molecule is COc1cccc(F)c1-c1c(Cl)cc2c3c(c(=O)n(-c4c(C)ccnc4C(C)C)c2c1F)N(C1CN(C(=O)OCc2ccccc2)C1)C(=O)[C@H]1CN(C(=O)OC(C)(C)C)[C@H](C)CN31.COc1cccc(F)c1-c1c(Cl)cc2c3c(c(=O)n(-c4c(C)ccnc4C(C)C)c2c1F)N(C1CNC1)C(=O)[C@H]1CN(C(=O)OC(C)(C)C)[C@H](C)CN31. The van der Waals surface area contributed by atoms with Gasteiger partial charge in [-0.15, -0.1) is 0 Å². The molecule has 6 aliphatic rings. The van der Waals surface area contributed by atoms with E-state index in [9.17, 15) is 19.2 Å². The van der Waals surface area contributed by atoms with Gasteiger partial charge in [-0.2, -0.15) is 0 Å². The number of fused-ring (bicyclic) bond motifs is 10. The molecule has 0 aliphatic carbocycles. The van der Waals surface area contributed by atoms with E-state index in [0.717, 1.165) is 5.56 Å². The molecule has 5 aromatic carbocycles. The molecule has 4 aromatic heterocycles. The van der Waals surface area contributed by atoms with Crippen molar-refractivity contribution in [2.75, 3.05) is 86.2 Å². The highest BCUT2D eigenvalue weighted by molar-refractivity contribution is 6.35. The molecule has 0 bridgehead atoms. The van der Waals surface area contributed by atoms with Crippen LogP contribution in [0, 0.1) is 37.1 Å². The third kappa shape index (κ3) is 14.3. The van der Waals surface area contributed by atoms with E-state index in [2.05, 4.69) is 15.3 Å². The van der Waals surface area contributed by atoms with E-state index >= 15 is 31.9 Å². The minimum Gasteiger partial charge on any atom is -0.496 e. The molecule has 4 fully saturated rings. The lowest BCUT2D eigenvalue weighted by Crippen LogP contribution is -2.72. The quantitative estimate of drug-likeness (QED) is 0.0884. The fraction of sp³-hybridized carbons (Fsp3) is 0.407. The van der Waals surface area contributed by atoms with Crippen molar-refractivity contribution in [1.82, 2.24) is 39.1 Å². The summed E-state index contributed by atoms with van der Waals surface area (Å²) in [5.41, 5.74) is -0.204. The molecule has 0 radical (unpaired) electrons. The average molecular weight is 1630 g/mol. The molecule has 5 amide bonds. The van der Waals surface area contributed by atoms with Gasteiger partial charge in [0.1, 0.15) is 64.4 Å². The van der Waals surface area contributed by atoms with Crippen LogP contribution in [0.25, 0.3) is 55.4 Å². The molecule has 15 rings (SSSR count). The molecule has 10 heterocycles. The van der Waals surface area contributed by atoms with E-state index in [1.807, 2.05) is 71.9 Å². The molecule has 610 valence electrons. The number of ether oxygens (including phenoxy) is 5. The highest BCUT2D eigenvalue weighted by Crippen LogP contribution is 2.52. The zero-order valence-electron chi connectivity index (χ0n) is 67.4. The molecule has 6 aliphatic heterocycles. The van der Waals surface area contributed by atoms with Crippen LogP contribution < -0.4 is 45.5 Å². The number of likely N-dealkylation sites (tertiary alicyclic amines) is 1. The first-order valence-corrected chi connectivity index (χ1v) is 39.4. The largest absolute Gasteiger partial charge is 0.496 e. The third-order valence-corrected chi connectivity index (χ3v) is 22.6. The van der Waals surface area contributed by atoms with Gasteiger partial charge in [-0.1, -0.05) is 93.4 Å². The summed E-state index contributed by atoms with van der Waals surface area (Å²) in [5, 5.41) is 3.29. The predicted molar refractivity (Wildman–Crippen MR) is 437 cm³/mol. The minimum absolute atomic E-state index is 0.0134. The van der Waals surface area contributed by atoms with Crippen molar-refractivity contribution in [3.05, 3.63) is 185 Å². The van der Waals surface area contributed by atoms with Gasteiger partial charge in [0, 0.05) is 85.6 Å². The highest BCUT2D eigenvalue weighted by atomic mass is 35.5. The number of aryl methyl sites for hydroxylation is 2. The van der Waals surface area contributed by atoms with Gasteiger partial charge >= 0.3 is 18.3 Å². The zero-order valence-corrected chi connectivity index (χ0v) is 68.9. The number of halogens is 6. The van der Waals surface area contributed by atoms with Crippen molar-refractivity contribution in [3.8, 4) is 45.1 Å². The summed E-state index contributed by atoms with van der Waals surface area (Å²) in [6, 6.07) is 19.8. The maximum atomic E-state index is 18.1. The number of rotatable bonds is 12. The Balaban J connectivity index is 0.000000194. The number of methoxy groups -OCH3 is 2. The molecule has 9 aromatic rings. The first-order chi connectivity index (χ1) is 55.0. The number of anilines is 4. The van der Waals surface area contributed by atoms with Crippen molar-refractivity contribution in [2.45, 2.75) is 163 Å². The maximum absolute atomic E-state index is 18.1. The van der Waals surface area contributed by atoms with Gasteiger partial charge < -0.3 is 53.5 Å². The van der Waals surface area contributed by atoms with Gasteiger partial charge in [-0.3, -0.25) is 48.1 Å². The Morgan fingerprint density at radius 3 is 1.32 bits per heavy atom. The number of nitrogens with zero attached hydrogens (tertiary/aromatic N) is 11. The van der Waals surface area contributed by atoms with Crippen molar-refractivity contribution < 1.29 is 65.2 Å². The average Bonchev–Trinajstić information content (AvgIpc) is 0.697. The van der Waals surface area contributed by atoms with Crippen LogP contribution in [0.4, 0.5) is 54.7 Å². The Kier molecular flexibility index (Phi) is 22.0. The number of benzene rings is 5. The molecule has 24 nitrogen and oxygen atoms in total. The van der Waals surface area contributed by atoms with Crippen LogP contribution in [-0.2, 0) is 30.4 Å². The zero-order chi connectivity index (χ0) is 83.5. The summed E-state index contributed by atoms with van der Waals surface area (Å²) < 4.78 is 98.1. The van der Waals surface area contributed by atoms with Crippen LogP contribution in [-0.4, -0.2) is 178 Å². The third-order valence-electron chi connectivity index (χ3n) is 22.0. The Morgan fingerprint density at radius 2 is 0.940 bits per heavy atom. The number of hydrogen-bond acceptors (Lipinski definition) is 17. The molecule has 30 heteroatoms. The van der Waals surface area contributed by atoms with Crippen molar-refractivity contribution in [2.24, 2.45) is 0 Å². The molecule has 1 N–H and O–H groups in total. The molecule has 0 unspecified atom stereocenters. The summed E-state index contributed by atoms with van der Waals surface area (Å²) in [6.07, 6.45) is 1.45. The molecule has 4 saturated heterocycles. The smallest absolute Gasteiger partial charge is 0.410 e. The summed E-state index contributed by atoms with van der Waals surface area (Å²) in [7, 11) is 2.68. The normalized spacial score (nSPS) is 18.3. The number of nitrogens with one attached hydrogen (secondary N) is 1. The molecular formula is C86H92Cl2F4N12O12.